The number of nitrogens with one attached hydrogen (secondary N) is 1. The monoisotopic (exact) mass is 300 g/mol. The van der Waals surface area contributed by atoms with Gasteiger partial charge in [-0.1, -0.05) is 0 Å². The number of nitrogens with zero attached hydrogens (tertiary/aromatic N) is 5. The minimum Gasteiger partial charge on any atom is -0.362 e. The number of aromatic nitrogens is 5. The van der Waals surface area contributed by atoms with Crippen LogP contribution < -0.4 is 5.32 Å². The smallest absolute Gasteiger partial charge is 0.261 e. The number of carbonyl (C=O) groups excluding carboxylic acids is 1. The van der Waals surface area contributed by atoms with Crippen molar-refractivity contribution in [2.45, 2.75) is 20.6 Å². The van der Waals surface area contributed by atoms with Crippen molar-refractivity contribution in [3.8, 4) is 0 Å². The zero-order chi connectivity index (χ0) is 15.7. The van der Waals surface area contributed by atoms with Crippen LogP contribution in [0.1, 0.15) is 21.7 Å². The fourth-order valence-electron chi connectivity index (χ4n) is 2.26. The van der Waals surface area contributed by atoms with E-state index in [4.69, 9.17) is 4.74 Å². The van der Waals surface area contributed by atoms with Crippen molar-refractivity contribution in [2.75, 3.05) is 12.4 Å². The molecule has 0 radical (unpaired) electrons. The Labute approximate surface area is 126 Å². The van der Waals surface area contributed by atoms with Gasteiger partial charge in [0.15, 0.2) is 5.65 Å². The number of anilines is 1. The molecule has 3 heterocycles. The van der Waals surface area contributed by atoms with Crippen LogP contribution in [-0.2, 0) is 11.5 Å². The molecule has 0 bridgehead atoms. The summed E-state index contributed by atoms with van der Waals surface area (Å²) >= 11 is 0. The van der Waals surface area contributed by atoms with E-state index in [1.807, 2.05) is 19.9 Å². The molecule has 0 saturated heterocycles. The van der Waals surface area contributed by atoms with Crippen LogP contribution in [0.3, 0.4) is 0 Å². The number of hydrogen-bond donors (Lipinski definition) is 1. The molecular weight excluding hydrogens is 284 g/mol. The molecule has 0 saturated carbocycles. The lowest BCUT2D eigenvalue weighted by Crippen LogP contribution is -2.12. The van der Waals surface area contributed by atoms with Crippen molar-refractivity contribution < 1.29 is 9.53 Å². The molecule has 0 unspecified atom stereocenters. The van der Waals surface area contributed by atoms with E-state index in [2.05, 4.69) is 20.5 Å². The molecule has 3 rings (SSSR count). The van der Waals surface area contributed by atoms with Crippen molar-refractivity contribution >= 4 is 17.2 Å². The van der Waals surface area contributed by atoms with Gasteiger partial charge in [0.05, 0.1) is 24.3 Å². The molecule has 3 aromatic heterocycles. The lowest BCUT2D eigenvalue weighted by molar-refractivity contribution is 0.102. The molecule has 22 heavy (non-hydrogen) atoms. The van der Waals surface area contributed by atoms with Crippen LogP contribution in [0.5, 0.6) is 0 Å². The van der Waals surface area contributed by atoms with Gasteiger partial charge in [0, 0.05) is 18.5 Å². The highest BCUT2D eigenvalue weighted by molar-refractivity contribution is 6.08. The van der Waals surface area contributed by atoms with Gasteiger partial charge in [-0.25, -0.2) is 14.2 Å². The molecule has 0 fully saturated rings. The van der Waals surface area contributed by atoms with Gasteiger partial charge in [-0.05, 0) is 19.9 Å². The minimum atomic E-state index is -0.274. The topological polar surface area (TPSA) is 86.3 Å². The second-order valence-electron chi connectivity index (χ2n) is 4.97. The lowest BCUT2D eigenvalue weighted by Gasteiger charge is -2.03. The molecule has 114 valence electrons. The van der Waals surface area contributed by atoms with Gasteiger partial charge >= 0.3 is 0 Å². The third kappa shape index (κ3) is 2.56. The summed E-state index contributed by atoms with van der Waals surface area (Å²) in [5.41, 5.74) is 3.32. The largest absolute Gasteiger partial charge is 0.362 e. The van der Waals surface area contributed by atoms with Crippen molar-refractivity contribution in [1.29, 1.82) is 0 Å². The highest BCUT2D eigenvalue weighted by Crippen LogP contribution is 2.14. The van der Waals surface area contributed by atoms with Gasteiger partial charge in [-0.2, -0.15) is 10.2 Å². The first-order valence-corrected chi connectivity index (χ1v) is 6.73. The molecule has 3 aromatic rings. The van der Waals surface area contributed by atoms with Crippen LogP contribution in [-0.4, -0.2) is 37.4 Å². The summed E-state index contributed by atoms with van der Waals surface area (Å²) in [6.07, 6.45) is 4.77. The average Bonchev–Trinajstić information content (AvgIpc) is 3.06. The van der Waals surface area contributed by atoms with E-state index in [-0.39, 0.29) is 5.91 Å². The molecule has 0 aliphatic carbocycles. The quantitative estimate of drug-likeness (QED) is 0.787. The molecule has 0 spiro atoms. The molecular formula is C14H16N6O2. The van der Waals surface area contributed by atoms with Crippen LogP contribution in [0, 0.1) is 13.8 Å². The maximum Gasteiger partial charge on any atom is 0.261 e. The maximum atomic E-state index is 12.4. The summed E-state index contributed by atoms with van der Waals surface area (Å²) < 4.78 is 8.20. The second-order valence-corrected chi connectivity index (χ2v) is 4.97. The van der Waals surface area contributed by atoms with E-state index in [1.165, 1.54) is 6.20 Å². The number of amides is 1. The number of aryl methyl sites for hydroxylation is 2. The first-order chi connectivity index (χ1) is 10.6. The Kier molecular flexibility index (Phi) is 3.60. The van der Waals surface area contributed by atoms with Crippen LogP contribution in [0.2, 0.25) is 0 Å². The Morgan fingerprint density at radius 1 is 1.32 bits per heavy atom. The first kappa shape index (κ1) is 14.2. The number of ether oxygens (including phenoxy) is 1. The van der Waals surface area contributed by atoms with Gasteiger partial charge in [0.1, 0.15) is 12.3 Å². The van der Waals surface area contributed by atoms with Gasteiger partial charge in [-0.15, -0.1) is 0 Å². The normalized spacial score (nSPS) is 11.0. The number of methoxy groups -OCH3 is 1. The molecule has 0 aliphatic heterocycles. The Morgan fingerprint density at radius 3 is 2.91 bits per heavy atom. The van der Waals surface area contributed by atoms with Gasteiger partial charge in [0.2, 0.25) is 0 Å². The maximum absolute atomic E-state index is 12.4. The molecule has 8 heteroatoms. The summed E-state index contributed by atoms with van der Waals surface area (Å²) in [5, 5.41) is 11.1. The predicted octanol–water partition coefficient (Wildman–Crippen LogP) is 1.40. The van der Waals surface area contributed by atoms with E-state index in [0.717, 1.165) is 11.4 Å². The van der Waals surface area contributed by atoms with Crippen molar-refractivity contribution in [2.24, 2.45) is 0 Å². The highest BCUT2D eigenvalue weighted by atomic mass is 16.5. The Bertz CT molecular complexity index is 835. The third-order valence-corrected chi connectivity index (χ3v) is 3.18. The van der Waals surface area contributed by atoms with Crippen LogP contribution >= 0.6 is 0 Å². The van der Waals surface area contributed by atoms with E-state index in [9.17, 15) is 4.79 Å². The third-order valence-electron chi connectivity index (χ3n) is 3.18. The van der Waals surface area contributed by atoms with Gasteiger partial charge in [0.25, 0.3) is 5.91 Å². The van der Waals surface area contributed by atoms with Crippen molar-refractivity contribution in [3.05, 3.63) is 41.6 Å². The Balaban J connectivity index is 1.88. The molecule has 8 nitrogen and oxygen atoms in total. The van der Waals surface area contributed by atoms with E-state index >= 15 is 0 Å². The summed E-state index contributed by atoms with van der Waals surface area (Å²) in [6, 6.07) is 1.91. The van der Waals surface area contributed by atoms with Gasteiger partial charge < -0.3 is 10.1 Å². The number of fused-ring (bicyclic) bond motifs is 1. The fourth-order valence-corrected chi connectivity index (χ4v) is 2.26. The van der Waals surface area contributed by atoms with Gasteiger partial charge in [-0.3, -0.25) is 4.79 Å². The van der Waals surface area contributed by atoms with E-state index in [0.29, 0.717) is 23.6 Å². The molecule has 0 aromatic carbocycles. The SMILES string of the molecule is COCn1cc(NC(=O)c2cnn3c(C)cc(C)nc23)cn1. The van der Waals surface area contributed by atoms with Crippen molar-refractivity contribution in [3.63, 3.8) is 0 Å². The zero-order valence-electron chi connectivity index (χ0n) is 12.6. The average molecular weight is 300 g/mol. The molecule has 0 aliphatic rings. The van der Waals surface area contributed by atoms with Crippen LogP contribution in [0.15, 0.2) is 24.7 Å². The van der Waals surface area contributed by atoms with Crippen LogP contribution in [0.4, 0.5) is 5.69 Å². The number of hydrogen-bond acceptors (Lipinski definition) is 5. The minimum absolute atomic E-state index is 0.274. The number of rotatable bonds is 4. The van der Waals surface area contributed by atoms with E-state index in [1.54, 1.807) is 28.7 Å². The second kappa shape index (κ2) is 5.57. The first-order valence-electron chi connectivity index (χ1n) is 6.73. The Morgan fingerprint density at radius 2 is 2.14 bits per heavy atom. The molecule has 1 amide bonds. The number of carbonyl (C=O) groups is 1. The van der Waals surface area contributed by atoms with Crippen molar-refractivity contribution in [1.82, 2.24) is 24.4 Å². The summed E-state index contributed by atoms with van der Waals surface area (Å²) in [4.78, 5) is 16.8. The van der Waals surface area contributed by atoms with E-state index < -0.39 is 0 Å². The lowest BCUT2D eigenvalue weighted by atomic mass is 10.3. The standard InChI is InChI=1S/C14H16N6O2/c1-9-4-10(2)20-13(17-9)12(6-16-20)14(21)18-11-5-15-19(7-11)8-22-3/h4-7H,8H2,1-3H3,(H,18,21). The fraction of sp³-hybridized carbons (Fsp3) is 0.286. The zero-order valence-corrected chi connectivity index (χ0v) is 12.6. The molecule has 0 atom stereocenters. The summed E-state index contributed by atoms with van der Waals surface area (Å²) in [7, 11) is 1.58. The summed E-state index contributed by atoms with van der Waals surface area (Å²) in [5.74, 6) is -0.274. The summed E-state index contributed by atoms with van der Waals surface area (Å²) in [6.45, 7) is 4.13. The Hall–Kier alpha value is -2.74. The molecule has 1 N–H and O–H groups in total. The highest BCUT2D eigenvalue weighted by Gasteiger charge is 2.16. The van der Waals surface area contributed by atoms with Crippen LogP contribution in [0.25, 0.3) is 5.65 Å². The predicted molar refractivity (Wildman–Crippen MR) is 79.7 cm³/mol.